The number of aryl methyl sites for hydroxylation is 2. The van der Waals surface area contributed by atoms with Crippen LogP contribution in [0.4, 0.5) is 0 Å². The maximum absolute atomic E-state index is 4.73. The highest BCUT2D eigenvalue weighted by atomic mass is 32.1. The Bertz CT molecular complexity index is 577. The van der Waals surface area contributed by atoms with Gasteiger partial charge in [-0.3, -0.25) is 5.10 Å². The summed E-state index contributed by atoms with van der Waals surface area (Å²) in [4.78, 5) is 6.06. The maximum atomic E-state index is 4.73. The van der Waals surface area contributed by atoms with Crippen LogP contribution in [0.2, 0.25) is 0 Å². The lowest BCUT2D eigenvalue weighted by atomic mass is 9.98. The average Bonchev–Trinajstić information content (AvgIpc) is 2.92. The summed E-state index contributed by atoms with van der Waals surface area (Å²) in [6.07, 6.45) is 1.88. The molecule has 0 saturated carbocycles. The third-order valence-electron chi connectivity index (χ3n) is 3.40. The van der Waals surface area contributed by atoms with Gasteiger partial charge in [0.05, 0.1) is 16.9 Å². The molecule has 20 heavy (non-hydrogen) atoms. The molecule has 0 saturated heterocycles. The zero-order chi connectivity index (χ0) is 14.9. The van der Waals surface area contributed by atoms with Crippen molar-refractivity contribution < 1.29 is 0 Å². The van der Waals surface area contributed by atoms with Crippen molar-refractivity contribution in [1.82, 2.24) is 20.5 Å². The average molecular weight is 292 g/mol. The standard InChI is InChI=1S/C15H24N4S/c1-9-12(8-17-19-9)7-16-10(2)13-11(3)18-14(20-13)15(4,5)6/h8,10,16H,7H2,1-6H3,(H,17,19). The van der Waals surface area contributed by atoms with Crippen molar-refractivity contribution in [1.29, 1.82) is 0 Å². The number of hydrogen-bond acceptors (Lipinski definition) is 4. The first-order valence-electron chi connectivity index (χ1n) is 6.99. The van der Waals surface area contributed by atoms with Gasteiger partial charge in [0.2, 0.25) is 0 Å². The van der Waals surface area contributed by atoms with Crippen LogP contribution >= 0.6 is 11.3 Å². The largest absolute Gasteiger partial charge is 0.305 e. The first kappa shape index (κ1) is 15.2. The molecule has 2 rings (SSSR count). The van der Waals surface area contributed by atoms with E-state index in [2.05, 4.69) is 50.1 Å². The normalized spacial score (nSPS) is 13.7. The third-order valence-corrected chi connectivity index (χ3v) is 5.17. The molecular formula is C15H24N4S. The molecule has 0 radical (unpaired) electrons. The van der Waals surface area contributed by atoms with Crippen molar-refractivity contribution in [2.75, 3.05) is 0 Å². The second kappa shape index (κ2) is 5.66. The summed E-state index contributed by atoms with van der Waals surface area (Å²) in [7, 11) is 0. The number of hydrogen-bond donors (Lipinski definition) is 2. The van der Waals surface area contributed by atoms with Crippen LogP contribution in [0.1, 0.15) is 60.6 Å². The Morgan fingerprint density at radius 1 is 1.35 bits per heavy atom. The Hall–Kier alpha value is -1.20. The highest BCUT2D eigenvalue weighted by Crippen LogP contribution is 2.32. The zero-order valence-corrected chi connectivity index (χ0v) is 14.0. The summed E-state index contributed by atoms with van der Waals surface area (Å²) in [6, 6.07) is 0.304. The second-order valence-corrected chi connectivity index (χ2v) is 7.37. The number of nitrogens with zero attached hydrogens (tertiary/aromatic N) is 2. The number of H-pyrrole nitrogens is 1. The van der Waals surface area contributed by atoms with E-state index in [0.29, 0.717) is 6.04 Å². The molecule has 2 aromatic rings. The number of aromatic amines is 1. The Kier molecular flexibility index (Phi) is 4.30. The molecule has 0 amide bonds. The van der Waals surface area contributed by atoms with Crippen molar-refractivity contribution in [2.45, 2.75) is 59.5 Å². The van der Waals surface area contributed by atoms with E-state index in [9.17, 15) is 0 Å². The van der Waals surface area contributed by atoms with Crippen molar-refractivity contribution >= 4 is 11.3 Å². The topological polar surface area (TPSA) is 53.6 Å². The molecule has 0 aromatic carbocycles. The molecule has 0 spiro atoms. The molecule has 2 heterocycles. The smallest absolute Gasteiger partial charge is 0.0985 e. The molecular weight excluding hydrogens is 268 g/mol. The Morgan fingerprint density at radius 2 is 2.05 bits per heavy atom. The Morgan fingerprint density at radius 3 is 2.55 bits per heavy atom. The van der Waals surface area contributed by atoms with E-state index in [1.807, 2.05) is 24.5 Å². The monoisotopic (exact) mass is 292 g/mol. The minimum absolute atomic E-state index is 0.120. The van der Waals surface area contributed by atoms with E-state index in [1.54, 1.807) is 0 Å². The van der Waals surface area contributed by atoms with E-state index in [-0.39, 0.29) is 5.41 Å². The number of nitrogens with one attached hydrogen (secondary N) is 2. The van der Waals surface area contributed by atoms with Crippen molar-refractivity contribution in [2.24, 2.45) is 0 Å². The fraction of sp³-hybridized carbons (Fsp3) is 0.600. The van der Waals surface area contributed by atoms with E-state index < -0.39 is 0 Å². The van der Waals surface area contributed by atoms with Gasteiger partial charge in [0, 0.05) is 34.1 Å². The molecule has 0 aliphatic rings. The molecule has 2 aromatic heterocycles. The summed E-state index contributed by atoms with van der Waals surface area (Å²) in [6.45, 7) is 13.8. The van der Waals surface area contributed by atoms with Crippen LogP contribution < -0.4 is 5.32 Å². The lowest BCUT2D eigenvalue weighted by Crippen LogP contribution is -2.18. The van der Waals surface area contributed by atoms with Gasteiger partial charge in [-0.1, -0.05) is 20.8 Å². The lowest BCUT2D eigenvalue weighted by Gasteiger charge is -2.14. The van der Waals surface area contributed by atoms with E-state index in [4.69, 9.17) is 4.98 Å². The molecule has 0 fully saturated rings. The Balaban J connectivity index is 2.08. The molecule has 2 N–H and O–H groups in total. The maximum Gasteiger partial charge on any atom is 0.0985 e. The van der Waals surface area contributed by atoms with Gasteiger partial charge in [-0.2, -0.15) is 5.10 Å². The van der Waals surface area contributed by atoms with Crippen LogP contribution in [0.3, 0.4) is 0 Å². The van der Waals surface area contributed by atoms with Crippen LogP contribution in [0.25, 0.3) is 0 Å². The van der Waals surface area contributed by atoms with Gasteiger partial charge in [-0.05, 0) is 20.8 Å². The fourth-order valence-electron chi connectivity index (χ4n) is 2.04. The van der Waals surface area contributed by atoms with E-state index in [1.165, 1.54) is 15.4 Å². The van der Waals surface area contributed by atoms with E-state index >= 15 is 0 Å². The summed E-state index contributed by atoms with van der Waals surface area (Å²) in [5.74, 6) is 0. The quantitative estimate of drug-likeness (QED) is 0.904. The third kappa shape index (κ3) is 3.27. The van der Waals surface area contributed by atoms with Gasteiger partial charge >= 0.3 is 0 Å². The van der Waals surface area contributed by atoms with Crippen LogP contribution in [0.5, 0.6) is 0 Å². The zero-order valence-electron chi connectivity index (χ0n) is 13.2. The van der Waals surface area contributed by atoms with Gasteiger partial charge < -0.3 is 5.32 Å². The predicted octanol–water partition coefficient (Wildman–Crippen LogP) is 3.63. The van der Waals surface area contributed by atoms with Crippen molar-refractivity contribution in [3.63, 3.8) is 0 Å². The highest BCUT2D eigenvalue weighted by Gasteiger charge is 2.22. The highest BCUT2D eigenvalue weighted by molar-refractivity contribution is 7.12. The van der Waals surface area contributed by atoms with Crippen molar-refractivity contribution in [3.8, 4) is 0 Å². The summed E-state index contributed by atoms with van der Waals surface area (Å²) >= 11 is 1.82. The minimum atomic E-state index is 0.120. The predicted molar refractivity (Wildman–Crippen MR) is 84.1 cm³/mol. The summed E-state index contributed by atoms with van der Waals surface area (Å²) in [5, 5.41) is 11.8. The molecule has 0 bridgehead atoms. The van der Waals surface area contributed by atoms with Crippen LogP contribution in [-0.2, 0) is 12.0 Å². The van der Waals surface area contributed by atoms with Gasteiger partial charge in [0.1, 0.15) is 0 Å². The first-order chi connectivity index (χ1) is 9.29. The SMILES string of the molecule is Cc1nc(C(C)(C)C)sc1C(C)NCc1cn[nH]c1C. The van der Waals surface area contributed by atoms with Gasteiger partial charge in [0.15, 0.2) is 0 Å². The first-order valence-corrected chi connectivity index (χ1v) is 7.80. The molecule has 0 aliphatic heterocycles. The molecule has 110 valence electrons. The fourth-order valence-corrected chi connectivity index (χ4v) is 3.19. The van der Waals surface area contributed by atoms with Crippen LogP contribution in [0.15, 0.2) is 6.20 Å². The lowest BCUT2D eigenvalue weighted by molar-refractivity contribution is 0.576. The second-order valence-electron chi connectivity index (χ2n) is 6.34. The number of aromatic nitrogens is 3. The molecule has 5 heteroatoms. The molecule has 4 nitrogen and oxygen atoms in total. The van der Waals surface area contributed by atoms with E-state index in [0.717, 1.165) is 17.9 Å². The van der Waals surface area contributed by atoms with Gasteiger partial charge in [-0.25, -0.2) is 4.98 Å². The number of rotatable bonds is 4. The number of thiazole rings is 1. The Labute approximate surface area is 125 Å². The van der Waals surface area contributed by atoms with Crippen LogP contribution in [-0.4, -0.2) is 15.2 Å². The molecule has 0 aliphatic carbocycles. The summed E-state index contributed by atoms with van der Waals surface area (Å²) < 4.78 is 0. The van der Waals surface area contributed by atoms with Crippen LogP contribution in [0, 0.1) is 13.8 Å². The van der Waals surface area contributed by atoms with Gasteiger partial charge in [-0.15, -0.1) is 11.3 Å². The summed E-state index contributed by atoms with van der Waals surface area (Å²) in [5.41, 5.74) is 3.61. The molecule has 1 unspecified atom stereocenters. The molecule has 1 atom stereocenters. The minimum Gasteiger partial charge on any atom is -0.305 e. The van der Waals surface area contributed by atoms with Gasteiger partial charge in [0.25, 0.3) is 0 Å². The van der Waals surface area contributed by atoms with Crippen molar-refractivity contribution in [3.05, 3.63) is 33.0 Å².